The number of hydrogen-bond acceptors (Lipinski definition) is 3. The van der Waals surface area contributed by atoms with Gasteiger partial charge >= 0.3 is 6.18 Å². The highest BCUT2D eigenvalue weighted by atomic mass is 127. The molecule has 0 spiro atoms. The van der Waals surface area contributed by atoms with Crippen LogP contribution in [0.1, 0.15) is 44.9 Å². The minimum Gasteiger partial charge on any atom is -0.355 e. The Balaban J connectivity index is 0.00000392. The fourth-order valence-corrected chi connectivity index (χ4v) is 4.13. The van der Waals surface area contributed by atoms with Gasteiger partial charge in [-0.3, -0.25) is 9.89 Å². The molecule has 9 heteroatoms. The van der Waals surface area contributed by atoms with Gasteiger partial charge in [0.05, 0.1) is 6.54 Å². The Kier molecular flexibility index (Phi) is 12.0. The Labute approximate surface area is 184 Å². The van der Waals surface area contributed by atoms with Crippen molar-refractivity contribution in [1.82, 2.24) is 20.4 Å². The van der Waals surface area contributed by atoms with Crippen LogP contribution in [0.15, 0.2) is 4.99 Å². The first-order valence-corrected chi connectivity index (χ1v) is 10.3. The van der Waals surface area contributed by atoms with E-state index in [0.717, 1.165) is 31.8 Å². The van der Waals surface area contributed by atoms with E-state index in [-0.39, 0.29) is 24.0 Å². The number of alkyl halides is 3. The molecule has 166 valence electrons. The third kappa shape index (κ3) is 10.5. The van der Waals surface area contributed by atoms with Crippen LogP contribution in [0, 0.1) is 5.92 Å². The summed E-state index contributed by atoms with van der Waals surface area (Å²) in [7, 11) is 3.18. The lowest BCUT2D eigenvalue weighted by Crippen LogP contribution is -2.50. The first-order valence-electron chi connectivity index (χ1n) is 10.3. The number of guanidine groups is 1. The van der Waals surface area contributed by atoms with Crippen molar-refractivity contribution in [2.45, 2.75) is 57.2 Å². The van der Waals surface area contributed by atoms with E-state index in [2.05, 4.69) is 20.5 Å². The van der Waals surface area contributed by atoms with Gasteiger partial charge in [-0.05, 0) is 38.6 Å². The molecule has 2 N–H and O–H groups in total. The maximum Gasteiger partial charge on any atom is 0.401 e. The van der Waals surface area contributed by atoms with Gasteiger partial charge in [0.1, 0.15) is 0 Å². The molecule has 0 unspecified atom stereocenters. The average molecular weight is 519 g/mol. The molecule has 2 aliphatic rings. The minimum absolute atomic E-state index is 0. The van der Waals surface area contributed by atoms with E-state index in [4.69, 9.17) is 0 Å². The number of nitrogens with zero attached hydrogens (tertiary/aromatic N) is 3. The molecular formula is C19H37F3IN5. The summed E-state index contributed by atoms with van der Waals surface area (Å²) in [6, 6.07) is 0.381. The normalized spacial score (nSPS) is 20.9. The van der Waals surface area contributed by atoms with Gasteiger partial charge in [-0.15, -0.1) is 24.0 Å². The Bertz CT molecular complexity index is 447. The summed E-state index contributed by atoms with van der Waals surface area (Å²) in [6.45, 7) is 3.33. The number of hydrogen-bond donors (Lipinski definition) is 2. The Hall–Kier alpha value is -0.290. The molecule has 1 aliphatic heterocycles. The van der Waals surface area contributed by atoms with Crippen molar-refractivity contribution in [1.29, 1.82) is 0 Å². The molecule has 1 aliphatic carbocycles. The minimum atomic E-state index is -4.15. The largest absolute Gasteiger partial charge is 0.401 e. The maximum atomic E-state index is 12.3. The summed E-state index contributed by atoms with van der Waals surface area (Å²) >= 11 is 0. The first-order chi connectivity index (χ1) is 12.9. The van der Waals surface area contributed by atoms with E-state index in [1.165, 1.54) is 50.6 Å². The number of rotatable bonds is 7. The van der Waals surface area contributed by atoms with E-state index in [9.17, 15) is 13.2 Å². The molecule has 0 atom stereocenters. The van der Waals surface area contributed by atoms with Crippen LogP contribution in [0.25, 0.3) is 0 Å². The summed E-state index contributed by atoms with van der Waals surface area (Å²) in [5, 5.41) is 6.55. The zero-order valence-corrected chi connectivity index (χ0v) is 19.6. The smallest absolute Gasteiger partial charge is 0.355 e. The molecule has 0 bridgehead atoms. The average Bonchev–Trinajstić information content (AvgIpc) is 2.62. The molecule has 0 aromatic rings. The number of piperidine rings is 1. The molecule has 1 saturated carbocycles. The standard InChI is InChI=1S/C19H36F3N5.HI/c1-23-18(24-10-13-26(2)15-19(20,21)22)25-17-8-11-27(12-9-17)14-16-6-4-3-5-7-16;/h16-17H,3-15H2,1-2H3,(H2,23,24,25);1H. The fourth-order valence-electron chi connectivity index (χ4n) is 4.13. The molecule has 0 aromatic heterocycles. The zero-order valence-electron chi connectivity index (χ0n) is 17.2. The summed E-state index contributed by atoms with van der Waals surface area (Å²) in [5.74, 6) is 1.56. The lowest BCUT2D eigenvalue weighted by Gasteiger charge is -2.36. The topological polar surface area (TPSA) is 42.9 Å². The van der Waals surface area contributed by atoms with Gasteiger partial charge in [-0.2, -0.15) is 13.2 Å². The van der Waals surface area contributed by atoms with Crippen LogP contribution in [0.2, 0.25) is 0 Å². The number of nitrogens with one attached hydrogen (secondary N) is 2. The lowest BCUT2D eigenvalue weighted by molar-refractivity contribution is -0.142. The van der Waals surface area contributed by atoms with Crippen LogP contribution in [0.5, 0.6) is 0 Å². The molecule has 1 heterocycles. The van der Waals surface area contributed by atoms with Crippen LogP contribution in [-0.2, 0) is 0 Å². The first kappa shape index (κ1) is 25.7. The van der Waals surface area contributed by atoms with Gasteiger partial charge in [-0.25, -0.2) is 0 Å². The second kappa shape index (κ2) is 13.1. The van der Waals surface area contributed by atoms with Crippen LogP contribution >= 0.6 is 24.0 Å². The highest BCUT2D eigenvalue weighted by Crippen LogP contribution is 2.25. The predicted molar refractivity (Wildman–Crippen MR) is 120 cm³/mol. The highest BCUT2D eigenvalue weighted by molar-refractivity contribution is 14.0. The second-order valence-corrected chi connectivity index (χ2v) is 8.08. The number of halogens is 4. The third-order valence-electron chi connectivity index (χ3n) is 5.63. The van der Waals surface area contributed by atoms with E-state index >= 15 is 0 Å². The molecular weight excluding hydrogens is 482 g/mol. The summed E-state index contributed by atoms with van der Waals surface area (Å²) < 4.78 is 37.0. The van der Waals surface area contributed by atoms with Gasteiger partial charge < -0.3 is 15.5 Å². The van der Waals surface area contributed by atoms with E-state index < -0.39 is 12.7 Å². The molecule has 2 rings (SSSR count). The molecule has 0 amide bonds. The van der Waals surface area contributed by atoms with Crippen LogP contribution in [0.3, 0.4) is 0 Å². The van der Waals surface area contributed by atoms with Gasteiger partial charge in [0.25, 0.3) is 0 Å². The summed E-state index contributed by atoms with van der Waals surface area (Å²) in [5.41, 5.74) is 0. The monoisotopic (exact) mass is 519 g/mol. The van der Waals surface area contributed by atoms with Crippen molar-refractivity contribution in [2.75, 3.05) is 53.4 Å². The van der Waals surface area contributed by atoms with Gasteiger partial charge in [0.15, 0.2) is 5.96 Å². The second-order valence-electron chi connectivity index (χ2n) is 8.08. The molecule has 2 fully saturated rings. The van der Waals surface area contributed by atoms with Crippen molar-refractivity contribution in [3.05, 3.63) is 0 Å². The van der Waals surface area contributed by atoms with Crippen molar-refractivity contribution >= 4 is 29.9 Å². The Morgan fingerprint density at radius 2 is 1.75 bits per heavy atom. The molecule has 0 aromatic carbocycles. The maximum absolute atomic E-state index is 12.3. The van der Waals surface area contributed by atoms with Crippen molar-refractivity contribution in [3.63, 3.8) is 0 Å². The summed E-state index contributed by atoms with van der Waals surface area (Å²) in [4.78, 5) is 8.07. The van der Waals surface area contributed by atoms with Gasteiger partial charge in [0, 0.05) is 45.8 Å². The number of aliphatic imine (C=N–C) groups is 1. The number of likely N-dealkylation sites (tertiary alicyclic amines) is 1. The van der Waals surface area contributed by atoms with Crippen LogP contribution < -0.4 is 10.6 Å². The Morgan fingerprint density at radius 1 is 1.11 bits per heavy atom. The van der Waals surface area contributed by atoms with E-state index in [0.29, 0.717) is 25.1 Å². The lowest BCUT2D eigenvalue weighted by atomic mass is 9.88. The molecule has 1 saturated heterocycles. The quantitative estimate of drug-likeness (QED) is 0.308. The van der Waals surface area contributed by atoms with Crippen LogP contribution in [-0.4, -0.2) is 81.3 Å². The van der Waals surface area contributed by atoms with Crippen molar-refractivity contribution in [3.8, 4) is 0 Å². The molecule has 5 nitrogen and oxygen atoms in total. The van der Waals surface area contributed by atoms with Crippen LogP contribution in [0.4, 0.5) is 13.2 Å². The SMILES string of the molecule is CN=C(NCCN(C)CC(F)(F)F)NC1CCN(CC2CCCCC2)CC1.I. The highest BCUT2D eigenvalue weighted by Gasteiger charge is 2.29. The number of likely N-dealkylation sites (N-methyl/N-ethyl adjacent to an activating group) is 1. The zero-order chi connectivity index (χ0) is 19.7. The predicted octanol–water partition coefficient (Wildman–Crippen LogP) is 3.31. The van der Waals surface area contributed by atoms with Gasteiger partial charge in [-0.1, -0.05) is 19.3 Å². The van der Waals surface area contributed by atoms with Crippen molar-refractivity contribution in [2.24, 2.45) is 10.9 Å². The van der Waals surface area contributed by atoms with E-state index in [1.54, 1.807) is 7.05 Å². The van der Waals surface area contributed by atoms with Gasteiger partial charge in [0.2, 0.25) is 0 Å². The summed E-state index contributed by atoms with van der Waals surface area (Å²) in [6.07, 6.45) is 4.98. The van der Waals surface area contributed by atoms with E-state index in [1.807, 2.05) is 0 Å². The molecule has 0 radical (unpaired) electrons. The van der Waals surface area contributed by atoms with Crippen molar-refractivity contribution < 1.29 is 13.2 Å². The fraction of sp³-hybridized carbons (Fsp3) is 0.947. The Morgan fingerprint density at radius 3 is 2.32 bits per heavy atom. The third-order valence-corrected chi connectivity index (χ3v) is 5.63. The molecule has 28 heavy (non-hydrogen) atoms.